The van der Waals surface area contributed by atoms with E-state index in [2.05, 4.69) is 16.3 Å². The first-order valence-corrected chi connectivity index (χ1v) is 4.73. The number of aromatic nitrogens is 3. The van der Waals surface area contributed by atoms with Crippen molar-refractivity contribution in [2.24, 2.45) is 0 Å². The van der Waals surface area contributed by atoms with E-state index in [0.717, 1.165) is 17.9 Å². The van der Waals surface area contributed by atoms with E-state index in [-0.39, 0.29) is 0 Å². The summed E-state index contributed by atoms with van der Waals surface area (Å²) in [5.74, 6) is 0.835. The molecule has 74 valence electrons. The fraction of sp³-hybridized carbons (Fsp3) is 0.182. The molecule has 1 aromatic heterocycles. The summed E-state index contributed by atoms with van der Waals surface area (Å²) in [5, 5.41) is 16.6. The molecule has 0 saturated carbocycles. The number of aryl methyl sites for hydroxylation is 1. The molecule has 2 aromatic rings. The minimum atomic E-state index is 0.654. The van der Waals surface area contributed by atoms with Crippen LogP contribution in [0.2, 0.25) is 0 Å². The number of hydrogen-bond donors (Lipinski definition) is 0. The Hall–Kier alpha value is -2.15. The van der Waals surface area contributed by atoms with E-state index in [1.165, 1.54) is 0 Å². The molecule has 0 aliphatic rings. The summed E-state index contributed by atoms with van der Waals surface area (Å²) in [6.07, 6.45) is 1.70. The molecular formula is C11H10N4. The lowest BCUT2D eigenvalue weighted by molar-refractivity contribution is 0.767. The Bertz CT molecular complexity index is 490. The molecule has 0 unspecified atom stereocenters. The van der Waals surface area contributed by atoms with Crippen LogP contribution in [0, 0.1) is 11.3 Å². The van der Waals surface area contributed by atoms with E-state index in [9.17, 15) is 0 Å². The molecule has 2 rings (SSSR count). The van der Waals surface area contributed by atoms with Crippen LogP contribution in [0.5, 0.6) is 0 Å². The molecule has 0 amide bonds. The van der Waals surface area contributed by atoms with E-state index >= 15 is 0 Å². The van der Waals surface area contributed by atoms with Crippen LogP contribution in [-0.4, -0.2) is 14.8 Å². The highest BCUT2D eigenvalue weighted by Gasteiger charge is 2.05. The van der Waals surface area contributed by atoms with Gasteiger partial charge in [-0.15, -0.1) is 10.2 Å². The van der Waals surface area contributed by atoms with Gasteiger partial charge in [0.25, 0.3) is 0 Å². The van der Waals surface area contributed by atoms with E-state index < -0.39 is 0 Å². The predicted molar refractivity (Wildman–Crippen MR) is 55.8 cm³/mol. The van der Waals surface area contributed by atoms with Crippen LogP contribution in [-0.2, 0) is 6.54 Å². The van der Waals surface area contributed by atoms with Gasteiger partial charge < -0.3 is 4.57 Å². The Morgan fingerprint density at radius 2 is 2.07 bits per heavy atom. The smallest absolute Gasteiger partial charge is 0.163 e. The molecule has 0 N–H and O–H groups in total. The minimum absolute atomic E-state index is 0.654. The predicted octanol–water partition coefficient (Wildman–Crippen LogP) is 1.84. The van der Waals surface area contributed by atoms with Gasteiger partial charge in [-0.2, -0.15) is 5.26 Å². The van der Waals surface area contributed by atoms with E-state index in [1.54, 1.807) is 18.5 Å². The van der Waals surface area contributed by atoms with Gasteiger partial charge in [-0.05, 0) is 31.2 Å². The first-order chi connectivity index (χ1) is 7.35. The molecule has 0 spiro atoms. The number of nitrogens with zero attached hydrogens (tertiary/aromatic N) is 4. The van der Waals surface area contributed by atoms with Crippen molar-refractivity contribution in [1.82, 2.24) is 14.8 Å². The van der Waals surface area contributed by atoms with Crippen LogP contribution in [0.3, 0.4) is 0 Å². The number of rotatable bonds is 2. The zero-order valence-corrected chi connectivity index (χ0v) is 8.38. The van der Waals surface area contributed by atoms with Crippen molar-refractivity contribution in [3.05, 3.63) is 36.2 Å². The third kappa shape index (κ3) is 1.72. The maximum atomic E-state index is 8.68. The molecule has 0 aliphatic carbocycles. The maximum absolute atomic E-state index is 8.68. The lowest BCUT2D eigenvalue weighted by atomic mass is 10.1. The van der Waals surface area contributed by atoms with Crippen LogP contribution in [0.25, 0.3) is 11.4 Å². The second kappa shape index (κ2) is 3.93. The van der Waals surface area contributed by atoms with Gasteiger partial charge in [-0.1, -0.05) is 0 Å². The lowest BCUT2D eigenvalue weighted by Crippen LogP contribution is -1.95. The van der Waals surface area contributed by atoms with Crippen LogP contribution in [0.15, 0.2) is 30.6 Å². The molecule has 0 aliphatic heterocycles. The van der Waals surface area contributed by atoms with Crippen molar-refractivity contribution in [3.63, 3.8) is 0 Å². The van der Waals surface area contributed by atoms with E-state index in [0.29, 0.717) is 5.56 Å². The molecule has 4 nitrogen and oxygen atoms in total. The van der Waals surface area contributed by atoms with E-state index in [4.69, 9.17) is 5.26 Å². The summed E-state index contributed by atoms with van der Waals surface area (Å²) in [7, 11) is 0. The van der Waals surface area contributed by atoms with Crippen molar-refractivity contribution >= 4 is 0 Å². The fourth-order valence-electron chi connectivity index (χ4n) is 1.40. The molecular weight excluding hydrogens is 188 g/mol. The summed E-state index contributed by atoms with van der Waals surface area (Å²) in [4.78, 5) is 0. The molecule has 1 aromatic carbocycles. The van der Waals surface area contributed by atoms with Crippen LogP contribution >= 0.6 is 0 Å². The number of nitriles is 1. The fourth-order valence-corrected chi connectivity index (χ4v) is 1.40. The number of benzene rings is 1. The SMILES string of the molecule is CCn1cnnc1-c1ccc(C#N)cc1. The molecule has 1 heterocycles. The Balaban J connectivity index is 2.42. The van der Waals surface area contributed by atoms with Gasteiger partial charge in [0.2, 0.25) is 0 Å². The molecule has 4 heteroatoms. The Kier molecular flexibility index (Phi) is 2.46. The molecule has 0 fully saturated rings. The second-order valence-electron chi connectivity index (χ2n) is 3.13. The van der Waals surface area contributed by atoms with Crippen molar-refractivity contribution in [2.75, 3.05) is 0 Å². The monoisotopic (exact) mass is 198 g/mol. The third-order valence-electron chi connectivity index (χ3n) is 2.23. The first-order valence-electron chi connectivity index (χ1n) is 4.73. The van der Waals surface area contributed by atoms with Gasteiger partial charge >= 0.3 is 0 Å². The minimum Gasteiger partial charge on any atom is -0.314 e. The largest absolute Gasteiger partial charge is 0.314 e. The standard InChI is InChI=1S/C11H10N4/c1-2-15-8-13-14-11(15)10-5-3-9(7-12)4-6-10/h3-6,8H,2H2,1H3. The van der Waals surface area contributed by atoms with Gasteiger partial charge in [0, 0.05) is 12.1 Å². The highest BCUT2D eigenvalue weighted by molar-refractivity contribution is 5.56. The first kappa shape index (κ1) is 9.41. The second-order valence-corrected chi connectivity index (χ2v) is 3.13. The zero-order valence-electron chi connectivity index (χ0n) is 8.38. The Morgan fingerprint density at radius 1 is 1.33 bits per heavy atom. The van der Waals surface area contributed by atoms with Gasteiger partial charge in [-0.25, -0.2) is 0 Å². The van der Waals surface area contributed by atoms with E-state index in [1.807, 2.05) is 23.6 Å². The van der Waals surface area contributed by atoms with Crippen molar-refractivity contribution in [2.45, 2.75) is 13.5 Å². The Morgan fingerprint density at radius 3 is 2.67 bits per heavy atom. The van der Waals surface area contributed by atoms with Crippen molar-refractivity contribution in [3.8, 4) is 17.5 Å². The highest BCUT2D eigenvalue weighted by Crippen LogP contribution is 2.16. The average Bonchev–Trinajstić information content (AvgIpc) is 2.77. The molecule has 0 radical (unpaired) electrons. The molecule has 0 bridgehead atoms. The normalized spacial score (nSPS) is 9.87. The summed E-state index contributed by atoms with van der Waals surface area (Å²) in [5.41, 5.74) is 1.63. The van der Waals surface area contributed by atoms with Gasteiger partial charge in [0.1, 0.15) is 6.33 Å². The molecule has 0 saturated heterocycles. The third-order valence-corrected chi connectivity index (χ3v) is 2.23. The van der Waals surface area contributed by atoms with Gasteiger partial charge in [0.15, 0.2) is 5.82 Å². The Labute approximate surface area is 87.8 Å². The molecule has 15 heavy (non-hydrogen) atoms. The van der Waals surface area contributed by atoms with Crippen molar-refractivity contribution in [1.29, 1.82) is 5.26 Å². The maximum Gasteiger partial charge on any atom is 0.163 e. The average molecular weight is 198 g/mol. The quantitative estimate of drug-likeness (QED) is 0.739. The highest BCUT2D eigenvalue weighted by atomic mass is 15.3. The molecule has 0 atom stereocenters. The lowest BCUT2D eigenvalue weighted by Gasteiger charge is -2.02. The van der Waals surface area contributed by atoms with Crippen molar-refractivity contribution < 1.29 is 0 Å². The summed E-state index contributed by atoms with van der Waals surface area (Å²) < 4.78 is 1.96. The van der Waals surface area contributed by atoms with Crippen LogP contribution in [0.4, 0.5) is 0 Å². The van der Waals surface area contributed by atoms with Crippen LogP contribution in [0.1, 0.15) is 12.5 Å². The van der Waals surface area contributed by atoms with Gasteiger partial charge in [0.05, 0.1) is 11.6 Å². The topological polar surface area (TPSA) is 54.5 Å². The number of hydrogen-bond acceptors (Lipinski definition) is 3. The summed E-state index contributed by atoms with van der Waals surface area (Å²) in [6.45, 7) is 2.87. The summed E-state index contributed by atoms with van der Waals surface area (Å²) in [6, 6.07) is 9.42. The van der Waals surface area contributed by atoms with Gasteiger partial charge in [-0.3, -0.25) is 0 Å². The summed E-state index contributed by atoms with van der Waals surface area (Å²) >= 11 is 0. The zero-order chi connectivity index (χ0) is 10.7. The van der Waals surface area contributed by atoms with Crippen LogP contribution < -0.4 is 0 Å².